The van der Waals surface area contributed by atoms with Gasteiger partial charge in [-0.15, -0.1) is 0 Å². The zero-order valence-corrected chi connectivity index (χ0v) is 10.3. The van der Waals surface area contributed by atoms with Gasteiger partial charge >= 0.3 is 0 Å². The number of rotatable bonds is 9. The third-order valence-electron chi connectivity index (χ3n) is 3.39. The summed E-state index contributed by atoms with van der Waals surface area (Å²) in [5, 5.41) is 3.51. The molecular formula is C13H27NO. The number of ether oxygens (including phenoxy) is 1. The van der Waals surface area contributed by atoms with Crippen LogP contribution in [0.3, 0.4) is 0 Å². The first kappa shape index (κ1) is 13.0. The van der Waals surface area contributed by atoms with Crippen LogP contribution in [0.15, 0.2) is 0 Å². The molecule has 0 saturated heterocycles. The second kappa shape index (κ2) is 9.17. The topological polar surface area (TPSA) is 21.3 Å². The van der Waals surface area contributed by atoms with E-state index in [9.17, 15) is 0 Å². The van der Waals surface area contributed by atoms with Crippen LogP contribution in [-0.4, -0.2) is 26.8 Å². The van der Waals surface area contributed by atoms with E-state index in [4.69, 9.17) is 4.74 Å². The summed E-state index contributed by atoms with van der Waals surface area (Å²) in [6.07, 6.45) is 11.2. The van der Waals surface area contributed by atoms with Crippen LogP contribution in [0.2, 0.25) is 0 Å². The maximum absolute atomic E-state index is 5.01. The monoisotopic (exact) mass is 213 g/mol. The van der Waals surface area contributed by atoms with Crippen LogP contribution in [0.5, 0.6) is 0 Å². The molecule has 0 atom stereocenters. The van der Waals surface area contributed by atoms with Crippen molar-refractivity contribution < 1.29 is 4.74 Å². The molecule has 1 aliphatic rings. The fourth-order valence-corrected chi connectivity index (χ4v) is 2.44. The van der Waals surface area contributed by atoms with Gasteiger partial charge in [0.25, 0.3) is 0 Å². The van der Waals surface area contributed by atoms with Crippen LogP contribution in [0.25, 0.3) is 0 Å². The Morgan fingerprint density at radius 2 is 1.80 bits per heavy atom. The molecule has 0 aliphatic heterocycles. The van der Waals surface area contributed by atoms with Crippen LogP contribution in [0.4, 0.5) is 0 Å². The molecule has 1 fully saturated rings. The molecule has 0 aromatic heterocycles. The van der Waals surface area contributed by atoms with Crippen molar-refractivity contribution in [3.8, 4) is 0 Å². The molecule has 0 amide bonds. The van der Waals surface area contributed by atoms with E-state index in [1.807, 2.05) is 0 Å². The SMILES string of the molecule is COCCCCNCCCC1CCCC1. The van der Waals surface area contributed by atoms with Crippen LogP contribution in [0, 0.1) is 5.92 Å². The zero-order valence-electron chi connectivity index (χ0n) is 10.3. The van der Waals surface area contributed by atoms with Gasteiger partial charge in [0, 0.05) is 13.7 Å². The second-order valence-corrected chi connectivity index (χ2v) is 4.74. The first-order chi connectivity index (χ1) is 7.43. The molecule has 2 nitrogen and oxygen atoms in total. The Morgan fingerprint density at radius 3 is 2.53 bits per heavy atom. The van der Waals surface area contributed by atoms with Crippen molar-refractivity contribution >= 4 is 0 Å². The number of unbranched alkanes of at least 4 members (excludes halogenated alkanes) is 1. The maximum atomic E-state index is 5.01. The lowest BCUT2D eigenvalue weighted by Crippen LogP contribution is -2.17. The second-order valence-electron chi connectivity index (χ2n) is 4.74. The Hall–Kier alpha value is -0.0800. The van der Waals surface area contributed by atoms with Gasteiger partial charge in [-0.3, -0.25) is 0 Å². The molecular weight excluding hydrogens is 186 g/mol. The number of methoxy groups -OCH3 is 1. The molecule has 1 rings (SSSR count). The summed E-state index contributed by atoms with van der Waals surface area (Å²) in [6.45, 7) is 3.28. The van der Waals surface area contributed by atoms with Crippen molar-refractivity contribution in [2.45, 2.75) is 51.4 Å². The van der Waals surface area contributed by atoms with Gasteiger partial charge in [0.15, 0.2) is 0 Å². The molecule has 1 N–H and O–H groups in total. The molecule has 0 spiro atoms. The lowest BCUT2D eigenvalue weighted by molar-refractivity contribution is 0.192. The minimum Gasteiger partial charge on any atom is -0.385 e. The highest BCUT2D eigenvalue weighted by Crippen LogP contribution is 2.28. The standard InChI is InChI=1S/C13H27NO/c1-15-12-5-4-10-14-11-6-9-13-7-2-3-8-13/h13-14H,2-12H2,1H3. The molecule has 0 radical (unpaired) electrons. The highest BCUT2D eigenvalue weighted by molar-refractivity contribution is 4.67. The highest BCUT2D eigenvalue weighted by atomic mass is 16.5. The van der Waals surface area contributed by atoms with Crippen LogP contribution < -0.4 is 5.32 Å². The van der Waals surface area contributed by atoms with Gasteiger partial charge in [-0.05, 0) is 44.7 Å². The Morgan fingerprint density at radius 1 is 1.07 bits per heavy atom. The average Bonchev–Trinajstić information content (AvgIpc) is 2.75. The molecule has 0 unspecified atom stereocenters. The molecule has 2 heteroatoms. The third kappa shape index (κ3) is 6.91. The fraction of sp³-hybridized carbons (Fsp3) is 1.00. The number of hydrogen-bond acceptors (Lipinski definition) is 2. The van der Waals surface area contributed by atoms with E-state index in [1.165, 1.54) is 57.9 Å². The minimum absolute atomic E-state index is 0.907. The maximum Gasteiger partial charge on any atom is 0.0462 e. The predicted octanol–water partition coefficient (Wildman–Crippen LogP) is 2.97. The lowest BCUT2D eigenvalue weighted by Gasteiger charge is -2.09. The van der Waals surface area contributed by atoms with E-state index in [-0.39, 0.29) is 0 Å². The molecule has 0 aromatic rings. The van der Waals surface area contributed by atoms with Crippen LogP contribution in [0.1, 0.15) is 51.4 Å². The Kier molecular flexibility index (Phi) is 7.94. The molecule has 1 aliphatic carbocycles. The van der Waals surface area contributed by atoms with Gasteiger partial charge in [-0.25, -0.2) is 0 Å². The first-order valence-corrected chi connectivity index (χ1v) is 6.63. The Bertz CT molecular complexity index is 132. The number of nitrogens with one attached hydrogen (secondary N) is 1. The summed E-state index contributed by atoms with van der Waals surface area (Å²) in [7, 11) is 1.77. The molecule has 0 bridgehead atoms. The minimum atomic E-state index is 0.907. The van der Waals surface area contributed by atoms with E-state index in [0.717, 1.165) is 19.1 Å². The van der Waals surface area contributed by atoms with Gasteiger partial charge < -0.3 is 10.1 Å². The lowest BCUT2D eigenvalue weighted by atomic mass is 10.0. The third-order valence-corrected chi connectivity index (χ3v) is 3.39. The van der Waals surface area contributed by atoms with E-state index >= 15 is 0 Å². The fourth-order valence-electron chi connectivity index (χ4n) is 2.44. The summed E-state index contributed by atoms with van der Waals surface area (Å²) in [5.41, 5.74) is 0. The van der Waals surface area contributed by atoms with Gasteiger partial charge in [0.2, 0.25) is 0 Å². The molecule has 90 valence electrons. The summed E-state index contributed by atoms with van der Waals surface area (Å²) < 4.78 is 5.01. The normalized spacial score (nSPS) is 17.4. The van der Waals surface area contributed by atoms with Crippen molar-refractivity contribution in [1.29, 1.82) is 0 Å². The molecule has 1 saturated carbocycles. The van der Waals surface area contributed by atoms with Crippen LogP contribution in [-0.2, 0) is 4.74 Å². The summed E-state index contributed by atoms with van der Waals surface area (Å²) in [5.74, 6) is 1.06. The quantitative estimate of drug-likeness (QED) is 0.595. The summed E-state index contributed by atoms with van der Waals surface area (Å²) in [4.78, 5) is 0. The summed E-state index contributed by atoms with van der Waals surface area (Å²) >= 11 is 0. The van der Waals surface area contributed by atoms with E-state index in [0.29, 0.717) is 0 Å². The Balaban J connectivity index is 1.73. The van der Waals surface area contributed by atoms with Crippen LogP contribution >= 0.6 is 0 Å². The summed E-state index contributed by atoms with van der Waals surface area (Å²) in [6, 6.07) is 0. The molecule has 0 heterocycles. The van der Waals surface area contributed by atoms with Crippen molar-refractivity contribution in [2.75, 3.05) is 26.8 Å². The average molecular weight is 213 g/mol. The Labute approximate surface area is 94.8 Å². The first-order valence-electron chi connectivity index (χ1n) is 6.63. The van der Waals surface area contributed by atoms with Crippen molar-refractivity contribution in [2.24, 2.45) is 5.92 Å². The smallest absolute Gasteiger partial charge is 0.0462 e. The van der Waals surface area contributed by atoms with E-state index in [2.05, 4.69) is 5.32 Å². The number of hydrogen-bond donors (Lipinski definition) is 1. The van der Waals surface area contributed by atoms with Gasteiger partial charge in [-0.1, -0.05) is 25.7 Å². The predicted molar refractivity (Wildman–Crippen MR) is 65.2 cm³/mol. The molecule has 0 aromatic carbocycles. The zero-order chi connectivity index (χ0) is 10.8. The van der Waals surface area contributed by atoms with Gasteiger partial charge in [0.1, 0.15) is 0 Å². The van der Waals surface area contributed by atoms with Gasteiger partial charge in [-0.2, -0.15) is 0 Å². The van der Waals surface area contributed by atoms with Crippen molar-refractivity contribution in [3.63, 3.8) is 0 Å². The van der Waals surface area contributed by atoms with E-state index in [1.54, 1.807) is 7.11 Å². The van der Waals surface area contributed by atoms with Gasteiger partial charge in [0.05, 0.1) is 0 Å². The largest absolute Gasteiger partial charge is 0.385 e. The van der Waals surface area contributed by atoms with Crippen molar-refractivity contribution in [3.05, 3.63) is 0 Å². The highest BCUT2D eigenvalue weighted by Gasteiger charge is 2.13. The van der Waals surface area contributed by atoms with E-state index < -0.39 is 0 Å². The molecule has 15 heavy (non-hydrogen) atoms. The van der Waals surface area contributed by atoms with Crippen molar-refractivity contribution in [1.82, 2.24) is 5.32 Å².